The van der Waals surface area contributed by atoms with Gasteiger partial charge in [0.2, 0.25) is 6.29 Å². The molecule has 0 spiro atoms. The van der Waals surface area contributed by atoms with Gasteiger partial charge in [-0.3, -0.25) is 4.79 Å². The fraction of sp³-hybridized carbons (Fsp3) is 0.700. The van der Waals surface area contributed by atoms with E-state index in [2.05, 4.69) is 0 Å². The van der Waals surface area contributed by atoms with Crippen molar-refractivity contribution in [3.8, 4) is 0 Å². The predicted molar refractivity (Wildman–Crippen MR) is 50.4 cm³/mol. The molecule has 3 atom stereocenters. The Balaban J connectivity index is 2.30. The molecule has 1 rings (SSSR count). The number of carbonyl (C=O) groups is 1. The fourth-order valence-electron chi connectivity index (χ4n) is 1.01. The Morgan fingerprint density at radius 3 is 2.64 bits per heavy atom. The molecule has 0 saturated heterocycles. The van der Waals surface area contributed by atoms with Gasteiger partial charge in [-0.2, -0.15) is 0 Å². The second-order valence-electron chi connectivity index (χ2n) is 3.21. The lowest BCUT2D eigenvalue weighted by atomic mass is 10.1. The first-order valence-electron chi connectivity index (χ1n) is 4.79. The van der Waals surface area contributed by atoms with Gasteiger partial charge in [0.1, 0.15) is 0 Å². The third-order valence-corrected chi connectivity index (χ3v) is 2.16. The van der Waals surface area contributed by atoms with Crippen molar-refractivity contribution in [1.29, 1.82) is 0 Å². The molecular formula is C10H16O4. The summed E-state index contributed by atoms with van der Waals surface area (Å²) in [5.41, 5.74) is 0. The van der Waals surface area contributed by atoms with Gasteiger partial charge in [0.25, 0.3) is 0 Å². The standard InChI is InChI=1S/C10H16O4/c1-4-12-10(11)7(2)8(3)14-9-5-6-13-9/h5-9H,4H2,1-3H3. The molecule has 0 aromatic rings. The molecule has 1 aliphatic rings. The summed E-state index contributed by atoms with van der Waals surface area (Å²) < 4.78 is 15.2. The summed E-state index contributed by atoms with van der Waals surface area (Å²) in [5, 5.41) is 0. The number of ether oxygens (including phenoxy) is 3. The van der Waals surface area contributed by atoms with E-state index >= 15 is 0 Å². The van der Waals surface area contributed by atoms with Gasteiger partial charge in [-0.05, 0) is 20.8 Å². The van der Waals surface area contributed by atoms with Crippen LogP contribution in [0, 0.1) is 5.92 Å². The van der Waals surface area contributed by atoms with E-state index in [4.69, 9.17) is 14.2 Å². The van der Waals surface area contributed by atoms with Crippen molar-refractivity contribution >= 4 is 5.97 Å². The molecule has 0 amide bonds. The van der Waals surface area contributed by atoms with E-state index < -0.39 is 0 Å². The minimum Gasteiger partial charge on any atom is -0.469 e. The van der Waals surface area contributed by atoms with Crippen molar-refractivity contribution in [2.75, 3.05) is 6.61 Å². The number of rotatable bonds is 5. The van der Waals surface area contributed by atoms with Crippen molar-refractivity contribution < 1.29 is 19.0 Å². The Hall–Kier alpha value is -1.03. The lowest BCUT2D eigenvalue weighted by molar-refractivity contribution is -0.167. The maximum absolute atomic E-state index is 11.3. The SMILES string of the molecule is CCOC(=O)C(C)C(C)OC1C=CO1. The minimum atomic E-state index is -0.304. The monoisotopic (exact) mass is 200 g/mol. The molecule has 4 heteroatoms. The molecule has 0 aromatic carbocycles. The van der Waals surface area contributed by atoms with Crippen LogP contribution in [0.5, 0.6) is 0 Å². The normalized spacial score (nSPS) is 23.2. The first-order valence-corrected chi connectivity index (χ1v) is 4.79. The second kappa shape index (κ2) is 5.00. The van der Waals surface area contributed by atoms with E-state index in [1.807, 2.05) is 6.92 Å². The molecule has 0 N–H and O–H groups in total. The summed E-state index contributed by atoms with van der Waals surface area (Å²) in [6.07, 6.45) is 2.84. The molecule has 0 bridgehead atoms. The molecular weight excluding hydrogens is 184 g/mol. The van der Waals surface area contributed by atoms with Crippen LogP contribution in [0.2, 0.25) is 0 Å². The summed E-state index contributed by atoms with van der Waals surface area (Å²) in [6.45, 7) is 5.80. The van der Waals surface area contributed by atoms with Crippen LogP contribution >= 0.6 is 0 Å². The lowest BCUT2D eigenvalue weighted by Gasteiger charge is -2.26. The van der Waals surface area contributed by atoms with Crippen LogP contribution in [0.25, 0.3) is 0 Å². The highest BCUT2D eigenvalue weighted by Gasteiger charge is 2.25. The Kier molecular flexibility index (Phi) is 3.95. The number of hydrogen-bond acceptors (Lipinski definition) is 4. The summed E-state index contributed by atoms with van der Waals surface area (Å²) in [6, 6.07) is 0. The molecule has 3 unspecified atom stereocenters. The Bertz CT molecular complexity index is 224. The highest BCUT2D eigenvalue weighted by Crippen LogP contribution is 2.16. The van der Waals surface area contributed by atoms with Gasteiger partial charge in [0.15, 0.2) is 0 Å². The van der Waals surface area contributed by atoms with Crippen LogP contribution in [0.1, 0.15) is 20.8 Å². The summed E-state index contributed by atoms with van der Waals surface area (Å²) >= 11 is 0. The zero-order valence-corrected chi connectivity index (χ0v) is 8.73. The zero-order chi connectivity index (χ0) is 10.6. The van der Waals surface area contributed by atoms with Gasteiger partial charge >= 0.3 is 5.97 Å². The maximum atomic E-state index is 11.3. The first-order chi connectivity index (χ1) is 6.65. The molecule has 0 fully saturated rings. The molecule has 0 radical (unpaired) electrons. The van der Waals surface area contributed by atoms with Gasteiger partial charge in [0.05, 0.1) is 24.9 Å². The second-order valence-corrected chi connectivity index (χ2v) is 3.21. The molecule has 1 aliphatic heterocycles. The zero-order valence-electron chi connectivity index (χ0n) is 8.73. The van der Waals surface area contributed by atoms with E-state index in [-0.39, 0.29) is 24.3 Å². The van der Waals surface area contributed by atoms with E-state index in [0.717, 1.165) is 0 Å². The molecule has 4 nitrogen and oxygen atoms in total. The topological polar surface area (TPSA) is 44.8 Å². The summed E-state index contributed by atoms with van der Waals surface area (Å²) in [5.74, 6) is -0.504. The van der Waals surface area contributed by atoms with Gasteiger partial charge in [0, 0.05) is 6.08 Å². The summed E-state index contributed by atoms with van der Waals surface area (Å²) in [4.78, 5) is 11.3. The third-order valence-electron chi connectivity index (χ3n) is 2.16. The number of carbonyl (C=O) groups excluding carboxylic acids is 1. The Morgan fingerprint density at radius 1 is 1.57 bits per heavy atom. The fourth-order valence-corrected chi connectivity index (χ4v) is 1.01. The average Bonchev–Trinajstić information content (AvgIpc) is 2.10. The van der Waals surface area contributed by atoms with Crippen LogP contribution in [-0.2, 0) is 19.0 Å². The highest BCUT2D eigenvalue weighted by molar-refractivity contribution is 5.72. The van der Waals surface area contributed by atoms with Gasteiger partial charge in [-0.25, -0.2) is 0 Å². The number of hydrogen-bond donors (Lipinski definition) is 0. The van der Waals surface area contributed by atoms with Crippen LogP contribution < -0.4 is 0 Å². The summed E-state index contributed by atoms with van der Waals surface area (Å²) in [7, 11) is 0. The van der Waals surface area contributed by atoms with Crippen molar-refractivity contribution in [3.05, 3.63) is 12.3 Å². The Morgan fingerprint density at radius 2 is 2.21 bits per heavy atom. The maximum Gasteiger partial charge on any atom is 0.311 e. The smallest absolute Gasteiger partial charge is 0.311 e. The third kappa shape index (κ3) is 2.73. The van der Waals surface area contributed by atoms with Crippen molar-refractivity contribution in [1.82, 2.24) is 0 Å². The van der Waals surface area contributed by atoms with Crippen LogP contribution in [-0.4, -0.2) is 25.0 Å². The van der Waals surface area contributed by atoms with E-state index in [1.54, 1.807) is 26.2 Å². The average molecular weight is 200 g/mol. The quantitative estimate of drug-likeness (QED) is 0.630. The van der Waals surface area contributed by atoms with E-state index in [0.29, 0.717) is 6.61 Å². The van der Waals surface area contributed by atoms with Crippen molar-refractivity contribution in [2.24, 2.45) is 5.92 Å². The van der Waals surface area contributed by atoms with Crippen LogP contribution in [0.4, 0.5) is 0 Å². The van der Waals surface area contributed by atoms with Gasteiger partial charge < -0.3 is 14.2 Å². The van der Waals surface area contributed by atoms with Crippen molar-refractivity contribution in [3.63, 3.8) is 0 Å². The lowest BCUT2D eigenvalue weighted by Crippen LogP contribution is -2.32. The van der Waals surface area contributed by atoms with E-state index in [9.17, 15) is 4.79 Å². The molecule has 0 saturated carbocycles. The van der Waals surface area contributed by atoms with Crippen LogP contribution in [0.15, 0.2) is 12.3 Å². The van der Waals surface area contributed by atoms with Crippen LogP contribution in [0.3, 0.4) is 0 Å². The molecule has 1 heterocycles. The number of esters is 1. The molecule has 0 aliphatic carbocycles. The molecule has 80 valence electrons. The predicted octanol–water partition coefficient (Wildman–Crippen LogP) is 1.46. The van der Waals surface area contributed by atoms with Crippen molar-refractivity contribution in [2.45, 2.75) is 33.2 Å². The highest BCUT2D eigenvalue weighted by atomic mass is 16.7. The largest absolute Gasteiger partial charge is 0.469 e. The van der Waals surface area contributed by atoms with Gasteiger partial charge in [-0.15, -0.1) is 0 Å². The first kappa shape index (κ1) is 11.0. The minimum absolute atomic E-state index is 0.205. The molecule has 0 aromatic heterocycles. The Labute approximate surface area is 83.8 Å². The van der Waals surface area contributed by atoms with E-state index in [1.165, 1.54) is 0 Å². The van der Waals surface area contributed by atoms with Gasteiger partial charge in [-0.1, -0.05) is 0 Å². The molecule has 14 heavy (non-hydrogen) atoms.